The van der Waals surface area contributed by atoms with Gasteiger partial charge in [-0.05, 0) is 31.6 Å². The fraction of sp³-hybridized carbons (Fsp3) is 0.923. The van der Waals surface area contributed by atoms with E-state index in [0.29, 0.717) is 18.4 Å². The maximum Gasteiger partial charge on any atom is 0.315 e. The number of carbonyl (C=O) groups excluding carboxylic acids is 1. The van der Waals surface area contributed by atoms with Crippen molar-refractivity contribution >= 4 is 6.03 Å². The molecule has 1 saturated carbocycles. The normalized spacial score (nSPS) is 26.3. The van der Waals surface area contributed by atoms with Gasteiger partial charge in [0, 0.05) is 18.7 Å². The summed E-state index contributed by atoms with van der Waals surface area (Å²) in [5.74, 6) is 0.716. The molecule has 0 aromatic carbocycles. The highest BCUT2D eigenvalue weighted by atomic mass is 16.3. The number of urea groups is 1. The van der Waals surface area contributed by atoms with Gasteiger partial charge in [0.25, 0.3) is 0 Å². The van der Waals surface area contributed by atoms with Crippen LogP contribution in [-0.4, -0.2) is 29.8 Å². The lowest BCUT2D eigenvalue weighted by Gasteiger charge is -2.28. The first kappa shape index (κ1) is 14.3. The summed E-state index contributed by atoms with van der Waals surface area (Å²) in [6, 6.07) is 0.329. The highest BCUT2D eigenvalue weighted by Crippen LogP contribution is 2.23. The van der Waals surface area contributed by atoms with Crippen LogP contribution in [0.2, 0.25) is 0 Å². The smallest absolute Gasteiger partial charge is 0.315 e. The van der Waals surface area contributed by atoms with Gasteiger partial charge in [0.1, 0.15) is 0 Å². The van der Waals surface area contributed by atoms with E-state index in [4.69, 9.17) is 5.11 Å². The molecule has 1 fully saturated rings. The van der Waals surface area contributed by atoms with Gasteiger partial charge >= 0.3 is 6.03 Å². The van der Waals surface area contributed by atoms with Crippen LogP contribution < -0.4 is 10.6 Å². The first-order valence-electron chi connectivity index (χ1n) is 6.83. The average Bonchev–Trinajstić information content (AvgIpc) is 2.28. The molecule has 0 saturated heterocycles. The molecule has 0 aromatic rings. The van der Waals surface area contributed by atoms with Crippen molar-refractivity contribution in [2.45, 2.75) is 64.5 Å². The van der Waals surface area contributed by atoms with Crippen LogP contribution in [0.4, 0.5) is 4.79 Å². The third-order valence-corrected chi connectivity index (χ3v) is 3.58. The van der Waals surface area contributed by atoms with Gasteiger partial charge in [-0.2, -0.15) is 0 Å². The predicted molar refractivity (Wildman–Crippen MR) is 68.9 cm³/mol. The van der Waals surface area contributed by atoms with Crippen LogP contribution in [-0.2, 0) is 0 Å². The first-order chi connectivity index (χ1) is 8.15. The second-order valence-corrected chi connectivity index (χ2v) is 5.20. The number of nitrogens with one attached hydrogen (secondary N) is 2. The zero-order valence-electron chi connectivity index (χ0n) is 11.0. The third kappa shape index (κ3) is 5.39. The Kier molecular flexibility index (Phi) is 6.34. The highest BCUT2D eigenvalue weighted by molar-refractivity contribution is 5.74. The molecule has 0 radical (unpaired) electrons. The lowest BCUT2D eigenvalue weighted by atomic mass is 9.87. The summed E-state index contributed by atoms with van der Waals surface area (Å²) in [5.41, 5.74) is 0. The number of aliphatic hydroxyl groups excluding tert-OH is 1. The Morgan fingerprint density at radius 2 is 2.24 bits per heavy atom. The molecule has 100 valence electrons. The Bertz CT molecular complexity index is 233. The summed E-state index contributed by atoms with van der Waals surface area (Å²) in [6.45, 7) is 4.38. The van der Waals surface area contributed by atoms with Crippen molar-refractivity contribution in [3.63, 3.8) is 0 Å². The molecule has 2 amide bonds. The summed E-state index contributed by atoms with van der Waals surface area (Å²) >= 11 is 0. The van der Waals surface area contributed by atoms with Crippen LogP contribution in [0.25, 0.3) is 0 Å². The molecule has 0 aliphatic heterocycles. The number of amides is 2. The monoisotopic (exact) mass is 242 g/mol. The molecular formula is C13H26N2O2. The molecule has 1 aliphatic rings. The Hall–Kier alpha value is -0.770. The van der Waals surface area contributed by atoms with E-state index in [0.717, 1.165) is 19.3 Å². The lowest BCUT2D eigenvalue weighted by Crippen LogP contribution is -2.47. The number of rotatable bonds is 5. The van der Waals surface area contributed by atoms with Crippen molar-refractivity contribution in [1.29, 1.82) is 0 Å². The van der Waals surface area contributed by atoms with E-state index in [-0.39, 0.29) is 18.7 Å². The quantitative estimate of drug-likeness (QED) is 0.690. The van der Waals surface area contributed by atoms with Gasteiger partial charge in [-0.15, -0.1) is 0 Å². The van der Waals surface area contributed by atoms with Gasteiger partial charge in [0.15, 0.2) is 0 Å². The van der Waals surface area contributed by atoms with Crippen molar-refractivity contribution < 1.29 is 9.90 Å². The lowest BCUT2D eigenvalue weighted by molar-refractivity contribution is 0.217. The van der Waals surface area contributed by atoms with Gasteiger partial charge in [0.05, 0.1) is 0 Å². The molecule has 4 heteroatoms. The molecule has 1 aliphatic carbocycles. The summed E-state index contributed by atoms with van der Waals surface area (Å²) in [6.07, 6.45) is 6.15. The van der Waals surface area contributed by atoms with Crippen LogP contribution in [0.3, 0.4) is 0 Å². The van der Waals surface area contributed by atoms with Crippen molar-refractivity contribution in [2.75, 3.05) is 6.61 Å². The van der Waals surface area contributed by atoms with E-state index < -0.39 is 0 Å². The van der Waals surface area contributed by atoms with Crippen LogP contribution in [0.5, 0.6) is 0 Å². The highest BCUT2D eigenvalue weighted by Gasteiger charge is 2.21. The van der Waals surface area contributed by atoms with Crippen molar-refractivity contribution in [1.82, 2.24) is 10.6 Å². The zero-order valence-corrected chi connectivity index (χ0v) is 11.0. The van der Waals surface area contributed by atoms with Crippen molar-refractivity contribution in [3.8, 4) is 0 Å². The van der Waals surface area contributed by atoms with Gasteiger partial charge < -0.3 is 15.7 Å². The van der Waals surface area contributed by atoms with Crippen LogP contribution in [0.1, 0.15) is 52.4 Å². The SMILES string of the molecule is CCC(CCO)NC(=O)NC1CCCC(C)C1. The van der Waals surface area contributed by atoms with Gasteiger partial charge in [0.2, 0.25) is 0 Å². The Balaban J connectivity index is 2.27. The molecule has 0 heterocycles. The predicted octanol–water partition coefficient (Wildman–Crippen LogP) is 2.03. The second-order valence-electron chi connectivity index (χ2n) is 5.20. The first-order valence-corrected chi connectivity index (χ1v) is 6.83. The summed E-state index contributed by atoms with van der Waals surface area (Å²) in [5, 5.41) is 14.8. The molecule has 3 atom stereocenters. The Morgan fingerprint density at radius 3 is 2.82 bits per heavy atom. The van der Waals surface area contributed by atoms with E-state index in [1.807, 2.05) is 6.92 Å². The van der Waals surface area contributed by atoms with Crippen LogP contribution in [0, 0.1) is 5.92 Å². The van der Waals surface area contributed by atoms with Crippen LogP contribution >= 0.6 is 0 Å². The van der Waals surface area contributed by atoms with Gasteiger partial charge in [-0.25, -0.2) is 4.79 Å². The van der Waals surface area contributed by atoms with E-state index in [2.05, 4.69) is 17.6 Å². The number of carbonyl (C=O) groups is 1. The minimum absolute atomic E-state index is 0.0793. The Morgan fingerprint density at radius 1 is 1.47 bits per heavy atom. The zero-order chi connectivity index (χ0) is 12.7. The molecule has 3 N–H and O–H groups in total. The fourth-order valence-electron chi connectivity index (χ4n) is 2.51. The summed E-state index contributed by atoms with van der Waals surface area (Å²) < 4.78 is 0. The topological polar surface area (TPSA) is 61.4 Å². The number of hydrogen-bond acceptors (Lipinski definition) is 2. The standard InChI is InChI=1S/C13H26N2O2/c1-3-11(7-8-16)14-13(17)15-12-6-4-5-10(2)9-12/h10-12,16H,3-9H2,1-2H3,(H2,14,15,17). The molecule has 0 bridgehead atoms. The molecule has 0 spiro atoms. The third-order valence-electron chi connectivity index (χ3n) is 3.58. The molecular weight excluding hydrogens is 216 g/mol. The largest absolute Gasteiger partial charge is 0.396 e. The molecule has 3 unspecified atom stereocenters. The minimum atomic E-state index is -0.0793. The second kappa shape index (κ2) is 7.54. The number of hydrogen-bond donors (Lipinski definition) is 3. The molecule has 1 rings (SSSR count). The van der Waals surface area contributed by atoms with E-state index in [1.165, 1.54) is 12.8 Å². The fourth-order valence-corrected chi connectivity index (χ4v) is 2.51. The molecule has 0 aromatic heterocycles. The van der Waals surface area contributed by atoms with Gasteiger partial charge in [-0.3, -0.25) is 0 Å². The van der Waals surface area contributed by atoms with Crippen molar-refractivity contribution in [2.24, 2.45) is 5.92 Å². The van der Waals surface area contributed by atoms with Gasteiger partial charge in [-0.1, -0.05) is 26.7 Å². The number of aliphatic hydroxyl groups is 1. The van der Waals surface area contributed by atoms with E-state index >= 15 is 0 Å². The minimum Gasteiger partial charge on any atom is -0.396 e. The maximum absolute atomic E-state index is 11.8. The van der Waals surface area contributed by atoms with Crippen LogP contribution in [0.15, 0.2) is 0 Å². The molecule has 4 nitrogen and oxygen atoms in total. The van der Waals surface area contributed by atoms with E-state index in [1.54, 1.807) is 0 Å². The molecule has 17 heavy (non-hydrogen) atoms. The summed E-state index contributed by atoms with van der Waals surface area (Å²) in [7, 11) is 0. The van der Waals surface area contributed by atoms with E-state index in [9.17, 15) is 4.79 Å². The average molecular weight is 242 g/mol. The van der Waals surface area contributed by atoms with Crippen molar-refractivity contribution in [3.05, 3.63) is 0 Å². The summed E-state index contributed by atoms with van der Waals surface area (Å²) in [4.78, 5) is 11.8. The Labute approximate surface area is 104 Å². The maximum atomic E-state index is 11.8.